The van der Waals surface area contributed by atoms with Gasteiger partial charge in [-0.25, -0.2) is 4.98 Å². The van der Waals surface area contributed by atoms with Gasteiger partial charge in [0.15, 0.2) is 0 Å². The molecule has 0 bridgehead atoms. The van der Waals surface area contributed by atoms with Gasteiger partial charge in [0.25, 0.3) is 0 Å². The lowest BCUT2D eigenvalue weighted by Crippen LogP contribution is -2.18. The number of benzene rings is 1. The molecule has 0 fully saturated rings. The molecule has 1 aromatic heterocycles. The van der Waals surface area contributed by atoms with Crippen molar-refractivity contribution in [3.63, 3.8) is 0 Å². The van der Waals surface area contributed by atoms with E-state index in [0.717, 1.165) is 42.7 Å². The largest absolute Gasteiger partial charge is 0.493 e. The molecule has 0 saturated carbocycles. The first kappa shape index (κ1) is 13.9. The normalized spacial score (nSPS) is 15.0. The highest BCUT2D eigenvalue weighted by Gasteiger charge is 2.18. The fourth-order valence-corrected chi connectivity index (χ4v) is 2.72. The molecule has 2 heterocycles. The summed E-state index contributed by atoms with van der Waals surface area (Å²) in [5.74, 6) is 1.60. The number of pyridine rings is 1. The van der Waals surface area contributed by atoms with Crippen molar-refractivity contribution >= 4 is 0 Å². The Labute approximate surface area is 124 Å². The molecule has 1 unspecified atom stereocenters. The van der Waals surface area contributed by atoms with Gasteiger partial charge in [-0.3, -0.25) is 0 Å². The van der Waals surface area contributed by atoms with Gasteiger partial charge in [0.1, 0.15) is 5.75 Å². The molecule has 0 radical (unpaired) electrons. The molecule has 1 aliphatic rings. The molecule has 0 spiro atoms. The molecule has 1 atom stereocenters. The number of hydrogen-bond donors (Lipinski definition) is 1. The molecule has 1 aromatic carbocycles. The van der Waals surface area contributed by atoms with Crippen LogP contribution in [0.25, 0.3) is 0 Å². The molecular weight excluding hydrogens is 264 g/mol. The molecule has 21 heavy (non-hydrogen) atoms. The van der Waals surface area contributed by atoms with Gasteiger partial charge >= 0.3 is 0 Å². The number of aryl methyl sites for hydroxylation is 1. The second-order valence-electron chi connectivity index (χ2n) is 5.31. The first-order valence-corrected chi connectivity index (χ1v) is 7.27. The zero-order valence-corrected chi connectivity index (χ0v) is 12.2. The molecule has 3 rings (SSSR count). The van der Waals surface area contributed by atoms with E-state index in [0.29, 0.717) is 5.88 Å². The van der Waals surface area contributed by atoms with E-state index < -0.39 is 0 Å². The highest BCUT2D eigenvalue weighted by atomic mass is 16.5. The van der Waals surface area contributed by atoms with Crippen molar-refractivity contribution < 1.29 is 9.47 Å². The van der Waals surface area contributed by atoms with Crippen LogP contribution in [0.4, 0.5) is 0 Å². The smallest absolute Gasteiger partial charge is 0.212 e. The number of fused-ring (bicyclic) bond motifs is 1. The van der Waals surface area contributed by atoms with Crippen LogP contribution in [0, 0.1) is 0 Å². The van der Waals surface area contributed by atoms with Gasteiger partial charge < -0.3 is 15.2 Å². The Morgan fingerprint density at radius 1 is 1.33 bits per heavy atom. The first-order chi connectivity index (χ1) is 10.3. The van der Waals surface area contributed by atoms with E-state index in [-0.39, 0.29) is 6.04 Å². The topological polar surface area (TPSA) is 57.4 Å². The maximum atomic E-state index is 6.38. The quantitative estimate of drug-likeness (QED) is 0.937. The van der Waals surface area contributed by atoms with Crippen LogP contribution < -0.4 is 15.2 Å². The lowest BCUT2D eigenvalue weighted by atomic mass is 9.95. The zero-order chi connectivity index (χ0) is 14.7. The van der Waals surface area contributed by atoms with Crippen LogP contribution in [-0.2, 0) is 12.8 Å². The summed E-state index contributed by atoms with van der Waals surface area (Å²) in [4.78, 5) is 4.22. The molecule has 4 nitrogen and oxygen atoms in total. The number of ether oxygens (including phenoxy) is 2. The van der Waals surface area contributed by atoms with Crippen molar-refractivity contribution in [2.75, 3.05) is 13.7 Å². The number of aromatic nitrogens is 1. The van der Waals surface area contributed by atoms with Crippen molar-refractivity contribution in [1.82, 2.24) is 4.98 Å². The fourth-order valence-electron chi connectivity index (χ4n) is 2.72. The van der Waals surface area contributed by atoms with Crippen LogP contribution in [0.5, 0.6) is 11.6 Å². The van der Waals surface area contributed by atoms with Crippen molar-refractivity contribution in [3.8, 4) is 11.6 Å². The van der Waals surface area contributed by atoms with Crippen molar-refractivity contribution in [2.24, 2.45) is 5.73 Å². The Hall–Kier alpha value is -2.07. The summed E-state index contributed by atoms with van der Waals surface area (Å²) in [7, 11) is 1.61. The van der Waals surface area contributed by atoms with E-state index >= 15 is 0 Å². The molecule has 0 amide bonds. The van der Waals surface area contributed by atoms with Gasteiger partial charge in [-0.2, -0.15) is 0 Å². The Bertz CT molecular complexity index is 611. The predicted molar refractivity (Wildman–Crippen MR) is 81.7 cm³/mol. The fraction of sp³-hybridized carbons (Fsp3) is 0.353. The van der Waals surface area contributed by atoms with E-state index in [2.05, 4.69) is 23.2 Å². The third-order valence-electron chi connectivity index (χ3n) is 3.83. The Kier molecular flexibility index (Phi) is 4.06. The second kappa shape index (κ2) is 6.14. The lowest BCUT2D eigenvalue weighted by molar-refractivity contribution is 0.283. The lowest BCUT2D eigenvalue weighted by Gasteiger charge is -2.23. The van der Waals surface area contributed by atoms with Crippen molar-refractivity contribution in [3.05, 3.63) is 53.2 Å². The van der Waals surface area contributed by atoms with Gasteiger partial charge in [0.05, 0.1) is 13.7 Å². The van der Waals surface area contributed by atoms with Crippen molar-refractivity contribution in [1.29, 1.82) is 0 Å². The summed E-state index contributed by atoms with van der Waals surface area (Å²) in [5.41, 5.74) is 9.83. The van der Waals surface area contributed by atoms with Crippen LogP contribution in [0.15, 0.2) is 36.5 Å². The number of hydrogen-bond acceptors (Lipinski definition) is 4. The van der Waals surface area contributed by atoms with E-state index in [1.807, 2.05) is 18.3 Å². The van der Waals surface area contributed by atoms with Crippen LogP contribution in [0.1, 0.15) is 29.2 Å². The summed E-state index contributed by atoms with van der Waals surface area (Å²) in [6, 6.07) is 10.0. The molecule has 1 aliphatic heterocycles. The van der Waals surface area contributed by atoms with Crippen LogP contribution in [0.2, 0.25) is 0 Å². The van der Waals surface area contributed by atoms with Crippen molar-refractivity contribution in [2.45, 2.75) is 25.3 Å². The maximum Gasteiger partial charge on any atom is 0.212 e. The summed E-state index contributed by atoms with van der Waals surface area (Å²) < 4.78 is 10.9. The maximum absolute atomic E-state index is 6.38. The Balaban J connectivity index is 1.80. The van der Waals surface area contributed by atoms with Gasteiger partial charge in [0.2, 0.25) is 5.88 Å². The number of para-hydroxylation sites is 1. The highest BCUT2D eigenvalue weighted by molar-refractivity contribution is 5.44. The van der Waals surface area contributed by atoms with E-state index in [1.54, 1.807) is 7.11 Å². The number of nitrogens with zero attached hydrogens (tertiary/aromatic N) is 1. The Morgan fingerprint density at radius 3 is 3.00 bits per heavy atom. The van der Waals surface area contributed by atoms with E-state index in [1.165, 1.54) is 5.56 Å². The predicted octanol–water partition coefficient (Wildman–Crippen LogP) is 2.66. The monoisotopic (exact) mass is 284 g/mol. The van der Waals surface area contributed by atoms with Crippen LogP contribution >= 0.6 is 0 Å². The van der Waals surface area contributed by atoms with Gasteiger partial charge in [-0.1, -0.05) is 24.3 Å². The third-order valence-corrected chi connectivity index (χ3v) is 3.83. The molecule has 0 aliphatic carbocycles. The minimum atomic E-state index is -0.0896. The molecule has 110 valence electrons. The highest BCUT2D eigenvalue weighted by Crippen LogP contribution is 2.33. The molecule has 2 N–H and O–H groups in total. The second-order valence-corrected chi connectivity index (χ2v) is 5.31. The van der Waals surface area contributed by atoms with Crippen LogP contribution in [-0.4, -0.2) is 18.7 Å². The van der Waals surface area contributed by atoms with E-state index in [9.17, 15) is 0 Å². The standard InChI is InChI=1S/C17H20N2O2/c1-20-16-8-7-12(11-19-16)10-15(18)14-6-2-4-13-5-3-9-21-17(13)14/h2,4,6-8,11,15H,3,5,9-10,18H2,1H3. The number of nitrogens with two attached hydrogens (primary N) is 1. The van der Waals surface area contributed by atoms with Gasteiger partial charge in [-0.05, 0) is 30.4 Å². The van der Waals surface area contributed by atoms with E-state index in [4.69, 9.17) is 15.2 Å². The molecular formula is C17H20N2O2. The minimum absolute atomic E-state index is 0.0896. The summed E-state index contributed by atoms with van der Waals surface area (Å²) >= 11 is 0. The zero-order valence-electron chi connectivity index (χ0n) is 12.2. The van der Waals surface area contributed by atoms with Crippen LogP contribution in [0.3, 0.4) is 0 Å². The SMILES string of the molecule is COc1ccc(CC(N)c2cccc3c2OCCC3)cn1. The number of methoxy groups -OCH3 is 1. The summed E-state index contributed by atoms with van der Waals surface area (Å²) in [6.07, 6.45) is 4.69. The molecule has 4 heteroatoms. The average molecular weight is 284 g/mol. The first-order valence-electron chi connectivity index (χ1n) is 7.27. The minimum Gasteiger partial charge on any atom is -0.493 e. The third kappa shape index (κ3) is 3.00. The number of rotatable bonds is 4. The summed E-state index contributed by atoms with van der Waals surface area (Å²) in [6.45, 7) is 0.779. The summed E-state index contributed by atoms with van der Waals surface area (Å²) in [5, 5.41) is 0. The Morgan fingerprint density at radius 2 is 2.24 bits per heavy atom. The molecule has 0 saturated heterocycles. The van der Waals surface area contributed by atoms with Gasteiger partial charge in [-0.15, -0.1) is 0 Å². The van der Waals surface area contributed by atoms with Gasteiger partial charge in [0, 0.05) is 23.9 Å². The molecule has 2 aromatic rings. The average Bonchev–Trinajstić information content (AvgIpc) is 2.55.